The lowest BCUT2D eigenvalue weighted by atomic mass is 10.3. The number of aromatic nitrogens is 4. The van der Waals surface area contributed by atoms with Crippen LogP contribution in [0.25, 0.3) is 5.82 Å². The van der Waals surface area contributed by atoms with Crippen LogP contribution in [0.5, 0.6) is 5.75 Å². The maximum absolute atomic E-state index is 12.5. The second-order valence-corrected chi connectivity index (χ2v) is 6.12. The Morgan fingerprint density at radius 3 is 2.74 bits per heavy atom. The van der Waals surface area contributed by atoms with Gasteiger partial charge in [-0.05, 0) is 18.2 Å². The van der Waals surface area contributed by atoms with Crippen molar-refractivity contribution in [2.75, 3.05) is 11.8 Å². The number of para-hydroxylation sites is 1. The van der Waals surface area contributed by atoms with Gasteiger partial charge in [-0.15, -0.1) is 0 Å². The zero-order valence-corrected chi connectivity index (χ0v) is 12.9. The largest absolute Gasteiger partial charge is 0.495 e. The Labute approximate surface area is 132 Å². The average molecular weight is 331 g/mol. The predicted molar refractivity (Wildman–Crippen MR) is 83.0 cm³/mol. The molecule has 2 aromatic heterocycles. The van der Waals surface area contributed by atoms with Gasteiger partial charge in [-0.3, -0.25) is 4.72 Å². The lowest BCUT2D eigenvalue weighted by Crippen LogP contribution is -2.15. The van der Waals surface area contributed by atoms with E-state index in [4.69, 9.17) is 4.74 Å². The highest BCUT2D eigenvalue weighted by molar-refractivity contribution is 7.92. The van der Waals surface area contributed by atoms with E-state index in [9.17, 15) is 8.42 Å². The first kappa shape index (κ1) is 15.0. The van der Waals surface area contributed by atoms with Gasteiger partial charge >= 0.3 is 0 Å². The van der Waals surface area contributed by atoms with E-state index in [2.05, 4.69) is 19.8 Å². The van der Waals surface area contributed by atoms with E-state index < -0.39 is 10.0 Å². The van der Waals surface area contributed by atoms with E-state index in [-0.39, 0.29) is 16.5 Å². The second kappa shape index (κ2) is 6.05. The summed E-state index contributed by atoms with van der Waals surface area (Å²) in [6.07, 6.45) is 4.55. The topological polar surface area (TPSA) is 99.0 Å². The quantitative estimate of drug-likeness (QED) is 0.760. The van der Waals surface area contributed by atoms with Crippen LogP contribution in [0, 0.1) is 0 Å². The van der Waals surface area contributed by atoms with E-state index >= 15 is 0 Å². The summed E-state index contributed by atoms with van der Waals surface area (Å²) in [6.45, 7) is 0. The minimum atomic E-state index is -3.84. The third-order valence-electron chi connectivity index (χ3n) is 2.99. The van der Waals surface area contributed by atoms with Gasteiger partial charge in [0.25, 0.3) is 10.0 Å². The molecule has 0 atom stereocenters. The summed E-state index contributed by atoms with van der Waals surface area (Å²) in [6, 6.07) is 9.56. The molecular weight excluding hydrogens is 318 g/mol. The Bertz CT molecular complexity index is 910. The molecule has 118 valence electrons. The Morgan fingerprint density at radius 1 is 1.17 bits per heavy atom. The van der Waals surface area contributed by atoms with Crippen molar-refractivity contribution in [2.45, 2.75) is 4.90 Å². The fourth-order valence-electron chi connectivity index (χ4n) is 1.97. The summed E-state index contributed by atoms with van der Waals surface area (Å²) < 4.78 is 34.0. The zero-order chi connectivity index (χ0) is 16.3. The number of rotatable bonds is 5. The molecule has 0 saturated carbocycles. The van der Waals surface area contributed by atoms with Crippen molar-refractivity contribution in [1.29, 1.82) is 0 Å². The smallest absolute Gasteiger partial charge is 0.266 e. The molecule has 0 fully saturated rings. The summed E-state index contributed by atoms with van der Waals surface area (Å²) in [5.41, 5.74) is 0. The van der Waals surface area contributed by atoms with Gasteiger partial charge in [0.15, 0.2) is 5.82 Å². The van der Waals surface area contributed by atoms with Crippen molar-refractivity contribution >= 4 is 15.8 Å². The third kappa shape index (κ3) is 3.14. The molecule has 2 heterocycles. The highest BCUT2D eigenvalue weighted by Crippen LogP contribution is 2.24. The SMILES string of the molecule is COc1ccccc1S(=O)(=O)Nc1cc(-n2cccn2)ncn1. The third-order valence-corrected chi connectivity index (χ3v) is 4.38. The normalized spacial score (nSPS) is 11.2. The first-order valence-electron chi connectivity index (χ1n) is 6.58. The van der Waals surface area contributed by atoms with E-state index in [1.165, 1.54) is 30.3 Å². The van der Waals surface area contributed by atoms with Gasteiger partial charge in [-0.2, -0.15) is 5.10 Å². The Hall–Kier alpha value is -2.94. The summed E-state index contributed by atoms with van der Waals surface area (Å²) >= 11 is 0. The molecule has 0 radical (unpaired) electrons. The summed E-state index contributed by atoms with van der Waals surface area (Å²) in [5, 5.41) is 4.04. The van der Waals surface area contributed by atoms with Crippen LogP contribution < -0.4 is 9.46 Å². The number of ether oxygens (including phenoxy) is 1. The molecular formula is C14H13N5O3S. The average Bonchev–Trinajstić information content (AvgIpc) is 3.09. The Kier molecular flexibility index (Phi) is 3.94. The van der Waals surface area contributed by atoms with E-state index in [1.807, 2.05) is 0 Å². The molecule has 1 N–H and O–H groups in total. The number of anilines is 1. The molecule has 9 heteroatoms. The maximum atomic E-state index is 12.5. The van der Waals surface area contributed by atoms with Gasteiger partial charge < -0.3 is 4.74 Å². The lowest BCUT2D eigenvalue weighted by Gasteiger charge is -2.11. The van der Waals surface area contributed by atoms with Crippen molar-refractivity contribution in [3.63, 3.8) is 0 Å². The maximum Gasteiger partial charge on any atom is 0.266 e. The van der Waals surface area contributed by atoms with Crippen LogP contribution in [0.4, 0.5) is 5.82 Å². The fraction of sp³-hybridized carbons (Fsp3) is 0.0714. The van der Waals surface area contributed by atoms with Crippen LogP contribution in [-0.4, -0.2) is 35.3 Å². The Morgan fingerprint density at radius 2 is 2.00 bits per heavy atom. The zero-order valence-electron chi connectivity index (χ0n) is 12.1. The van der Waals surface area contributed by atoms with Crippen molar-refractivity contribution in [3.05, 3.63) is 55.1 Å². The number of sulfonamides is 1. The van der Waals surface area contributed by atoms with Crippen molar-refractivity contribution < 1.29 is 13.2 Å². The van der Waals surface area contributed by atoms with Gasteiger partial charge in [0.2, 0.25) is 0 Å². The molecule has 0 amide bonds. The fourth-order valence-corrected chi connectivity index (χ4v) is 3.14. The van der Waals surface area contributed by atoms with E-state index in [0.29, 0.717) is 5.82 Å². The molecule has 3 rings (SSSR count). The first-order chi connectivity index (χ1) is 11.1. The van der Waals surface area contributed by atoms with Gasteiger partial charge in [-0.25, -0.2) is 23.1 Å². The van der Waals surface area contributed by atoms with Crippen LogP contribution in [0.1, 0.15) is 0 Å². The van der Waals surface area contributed by atoms with Crippen molar-refractivity contribution in [2.24, 2.45) is 0 Å². The van der Waals surface area contributed by atoms with Gasteiger partial charge in [0.05, 0.1) is 7.11 Å². The molecule has 3 aromatic rings. The molecule has 0 unspecified atom stereocenters. The molecule has 0 aliphatic heterocycles. The minimum absolute atomic E-state index is 0.0294. The van der Waals surface area contributed by atoms with Crippen molar-refractivity contribution in [3.8, 4) is 11.6 Å². The van der Waals surface area contributed by atoms with Gasteiger partial charge in [0, 0.05) is 18.5 Å². The number of benzene rings is 1. The van der Waals surface area contributed by atoms with E-state index in [1.54, 1.807) is 36.7 Å². The molecule has 0 spiro atoms. The summed E-state index contributed by atoms with van der Waals surface area (Å²) in [7, 11) is -2.43. The lowest BCUT2D eigenvalue weighted by molar-refractivity contribution is 0.403. The predicted octanol–water partition coefficient (Wildman–Crippen LogP) is 1.47. The van der Waals surface area contributed by atoms with Gasteiger partial charge in [0.1, 0.15) is 22.8 Å². The summed E-state index contributed by atoms with van der Waals surface area (Å²) in [5.74, 6) is 0.834. The molecule has 0 saturated heterocycles. The molecule has 0 aliphatic rings. The number of nitrogens with one attached hydrogen (secondary N) is 1. The standard InChI is InChI=1S/C14H13N5O3S/c1-22-11-5-2-3-6-12(11)23(20,21)18-13-9-14(16-10-15-13)19-8-4-7-17-19/h2-10H,1H3,(H,15,16,18). The van der Waals surface area contributed by atoms with Crippen LogP contribution in [0.15, 0.2) is 60.0 Å². The second-order valence-electron chi connectivity index (χ2n) is 4.47. The van der Waals surface area contributed by atoms with Crippen LogP contribution in [0.2, 0.25) is 0 Å². The minimum Gasteiger partial charge on any atom is -0.495 e. The number of methoxy groups -OCH3 is 1. The highest BCUT2D eigenvalue weighted by atomic mass is 32.2. The first-order valence-corrected chi connectivity index (χ1v) is 8.06. The van der Waals surface area contributed by atoms with Crippen LogP contribution in [0.3, 0.4) is 0 Å². The van der Waals surface area contributed by atoms with Gasteiger partial charge in [-0.1, -0.05) is 12.1 Å². The number of hydrogen-bond acceptors (Lipinski definition) is 6. The number of hydrogen-bond donors (Lipinski definition) is 1. The molecule has 23 heavy (non-hydrogen) atoms. The molecule has 8 nitrogen and oxygen atoms in total. The van der Waals surface area contributed by atoms with E-state index in [0.717, 1.165) is 0 Å². The monoisotopic (exact) mass is 331 g/mol. The molecule has 0 aliphatic carbocycles. The van der Waals surface area contributed by atoms with Crippen molar-refractivity contribution in [1.82, 2.24) is 19.7 Å². The molecule has 1 aromatic carbocycles. The molecule has 0 bridgehead atoms. The van der Waals surface area contributed by atoms with Crippen LogP contribution in [-0.2, 0) is 10.0 Å². The highest BCUT2D eigenvalue weighted by Gasteiger charge is 2.19. The van der Waals surface area contributed by atoms with Crippen LogP contribution >= 0.6 is 0 Å². The number of nitrogens with zero attached hydrogens (tertiary/aromatic N) is 4. The Balaban J connectivity index is 1.94. The summed E-state index contributed by atoms with van der Waals surface area (Å²) in [4.78, 5) is 8.01.